The molecule has 4 atom stereocenters. The Morgan fingerprint density at radius 3 is 1.71 bits per heavy atom. The van der Waals surface area contributed by atoms with E-state index in [9.17, 15) is 9.59 Å². The molecule has 1 fully saturated rings. The van der Waals surface area contributed by atoms with Crippen LogP contribution in [0.25, 0.3) is 0 Å². The van der Waals surface area contributed by atoms with E-state index in [-0.39, 0.29) is 36.0 Å². The van der Waals surface area contributed by atoms with Gasteiger partial charge in [0.2, 0.25) is 5.91 Å². The second kappa shape index (κ2) is 9.17. The van der Waals surface area contributed by atoms with Crippen molar-refractivity contribution in [3.05, 3.63) is 108 Å². The van der Waals surface area contributed by atoms with E-state index in [2.05, 4.69) is 24.3 Å². The van der Waals surface area contributed by atoms with E-state index in [1.165, 1.54) is 6.92 Å². The lowest BCUT2D eigenvalue weighted by Crippen LogP contribution is -2.49. The normalized spacial score (nSPS) is 23.2. The number of ether oxygens (including phenoxy) is 1. The molecular formula is C27H27NO3. The summed E-state index contributed by atoms with van der Waals surface area (Å²) in [6.07, 6.45) is 0.192. The molecule has 0 aliphatic carbocycles. The van der Waals surface area contributed by atoms with Gasteiger partial charge in [0.05, 0.1) is 12.1 Å². The lowest BCUT2D eigenvalue weighted by molar-refractivity contribution is -0.157. The van der Waals surface area contributed by atoms with Crippen LogP contribution < -0.4 is 0 Å². The number of amides is 1. The van der Waals surface area contributed by atoms with Gasteiger partial charge in [-0.2, -0.15) is 0 Å². The molecule has 158 valence electrons. The molecule has 1 saturated heterocycles. The van der Waals surface area contributed by atoms with Gasteiger partial charge in [-0.05, 0) is 16.7 Å². The third-order valence-electron chi connectivity index (χ3n) is 6.02. The topological polar surface area (TPSA) is 46.6 Å². The molecule has 31 heavy (non-hydrogen) atoms. The molecule has 0 saturated carbocycles. The Hall–Kier alpha value is -3.40. The number of hydrogen-bond acceptors (Lipinski definition) is 3. The Morgan fingerprint density at radius 2 is 1.23 bits per heavy atom. The van der Waals surface area contributed by atoms with Crippen molar-refractivity contribution >= 4 is 11.9 Å². The van der Waals surface area contributed by atoms with Crippen molar-refractivity contribution in [3.63, 3.8) is 0 Å². The van der Waals surface area contributed by atoms with Gasteiger partial charge in [-0.1, -0.05) is 91.0 Å². The van der Waals surface area contributed by atoms with Crippen LogP contribution in [0.15, 0.2) is 91.0 Å². The highest BCUT2D eigenvalue weighted by atomic mass is 16.5. The maximum Gasteiger partial charge on any atom is 0.302 e. The fourth-order valence-electron chi connectivity index (χ4n) is 4.86. The number of piperidine rings is 1. The Bertz CT molecular complexity index is 1020. The Balaban J connectivity index is 1.91. The molecule has 0 spiro atoms. The molecule has 1 heterocycles. The summed E-state index contributed by atoms with van der Waals surface area (Å²) in [7, 11) is 0. The number of carbonyl (C=O) groups is 2. The lowest BCUT2D eigenvalue weighted by atomic mass is 9.74. The Labute approximate surface area is 183 Å². The SMILES string of the molecule is CC(=O)O[C@H]1C[C@@H](c2ccccc2)N(C(C)=O)[C@@H](c2ccccc2)[C@H]1c1ccccc1. The predicted molar refractivity (Wildman–Crippen MR) is 120 cm³/mol. The second-order valence-electron chi connectivity index (χ2n) is 8.03. The van der Waals surface area contributed by atoms with Gasteiger partial charge in [-0.3, -0.25) is 9.59 Å². The lowest BCUT2D eigenvalue weighted by Gasteiger charge is -2.50. The molecule has 4 heteroatoms. The van der Waals surface area contributed by atoms with E-state index < -0.39 is 0 Å². The van der Waals surface area contributed by atoms with Crippen molar-refractivity contribution in [2.45, 2.75) is 44.4 Å². The number of nitrogens with zero attached hydrogens (tertiary/aromatic N) is 1. The van der Waals surface area contributed by atoms with Gasteiger partial charge < -0.3 is 9.64 Å². The van der Waals surface area contributed by atoms with Gasteiger partial charge in [0.1, 0.15) is 6.10 Å². The third kappa shape index (κ3) is 4.38. The van der Waals surface area contributed by atoms with Crippen molar-refractivity contribution in [2.75, 3.05) is 0 Å². The molecule has 4 rings (SSSR count). The molecular weight excluding hydrogens is 386 g/mol. The average Bonchev–Trinajstić information content (AvgIpc) is 2.79. The van der Waals surface area contributed by atoms with Gasteiger partial charge in [-0.15, -0.1) is 0 Å². The minimum Gasteiger partial charge on any atom is -0.462 e. The summed E-state index contributed by atoms with van der Waals surface area (Å²) in [5.74, 6) is -0.470. The van der Waals surface area contributed by atoms with E-state index >= 15 is 0 Å². The number of likely N-dealkylation sites (tertiary alicyclic amines) is 1. The van der Waals surface area contributed by atoms with Crippen LogP contribution in [0.5, 0.6) is 0 Å². The molecule has 1 aliphatic heterocycles. The van der Waals surface area contributed by atoms with Crippen LogP contribution in [-0.4, -0.2) is 22.9 Å². The number of esters is 1. The minimum atomic E-state index is -0.356. The average molecular weight is 414 g/mol. The molecule has 0 aromatic heterocycles. The third-order valence-corrected chi connectivity index (χ3v) is 6.02. The largest absolute Gasteiger partial charge is 0.462 e. The van der Waals surface area contributed by atoms with Gasteiger partial charge in [0, 0.05) is 26.2 Å². The van der Waals surface area contributed by atoms with Crippen LogP contribution in [0, 0.1) is 0 Å². The van der Waals surface area contributed by atoms with E-state index in [1.807, 2.05) is 71.6 Å². The molecule has 3 aromatic rings. The molecule has 1 amide bonds. The molecule has 0 N–H and O–H groups in total. The van der Waals surface area contributed by atoms with Crippen LogP contribution in [0.3, 0.4) is 0 Å². The van der Waals surface area contributed by atoms with Crippen molar-refractivity contribution in [3.8, 4) is 0 Å². The minimum absolute atomic E-state index is 0.00455. The first-order valence-corrected chi connectivity index (χ1v) is 10.7. The Kier molecular flexibility index (Phi) is 6.17. The van der Waals surface area contributed by atoms with Crippen LogP contribution in [-0.2, 0) is 14.3 Å². The maximum absolute atomic E-state index is 13.1. The zero-order chi connectivity index (χ0) is 21.8. The monoisotopic (exact) mass is 413 g/mol. The second-order valence-corrected chi connectivity index (χ2v) is 8.03. The highest BCUT2D eigenvalue weighted by Gasteiger charge is 2.47. The van der Waals surface area contributed by atoms with Gasteiger partial charge in [0.25, 0.3) is 0 Å². The number of carbonyl (C=O) groups excluding carboxylic acids is 2. The fourth-order valence-corrected chi connectivity index (χ4v) is 4.86. The van der Waals surface area contributed by atoms with Gasteiger partial charge in [0.15, 0.2) is 0 Å². The van der Waals surface area contributed by atoms with Crippen molar-refractivity contribution in [1.82, 2.24) is 4.90 Å². The summed E-state index contributed by atoms with van der Waals surface area (Å²) < 4.78 is 5.91. The zero-order valence-corrected chi connectivity index (χ0v) is 17.8. The van der Waals surface area contributed by atoms with E-state index in [1.54, 1.807) is 6.92 Å². The van der Waals surface area contributed by atoms with Crippen LogP contribution in [0.2, 0.25) is 0 Å². The molecule has 0 radical (unpaired) electrons. The van der Waals surface area contributed by atoms with E-state index in [0.29, 0.717) is 6.42 Å². The summed E-state index contributed by atoms with van der Waals surface area (Å²) in [6, 6.07) is 29.7. The molecule has 0 bridgehead atoms. The van der Waals surface area contributed by atoms with Crippen molar-refractivity contribution < 1.29 is 14.3 Å². The standard InChI is InChI=1S/C27H27NO3/c1-19(29)28-24(21-12-6-3-7-13-21)18-25(31-20(2)30)26(22-14-8-4-9-15-22)27(28)23-16-10-5-11-17-23/h3-17,24-27H,18H2,1-2H3/t24-,25-,26-,27-/m0/s1. The first-order chi connectivity index (χ1) is 15.1. The molecule has 0 unspecified atom stereocenters. The van der Waals surface area contributed by atoms with Gasteiger partial charge in [-0.25, -0.2) is 0 Å². The molecule has 4 nitrogen and oxygen atoms in total. The highest BCUT2D eigenvalue weighted by molar-refractivity contribution is 5.75. The Morgan fingerprint density at radius 1 is 0.742 bits per heavy atom. The van der Waals surface area contributed by atoms with Crippen LogP contribution in [0.1, 0.15) is 55.0 Å². The molecule has 1 aliphatic rings. The smallest absolute Gasteiger partial charge is 0.302 e. The van der Waals surface area contributed by atoms with E-state index in [4.69, 9.17) is 4.74 Å². The van der Waals surface area contributed by atoms with Gasteiger partial charge >= 0.3 is 5.97 Å². The quantitative estimate of drug-likeness (QED) is 0.535. The summed E-state index contributed by atoms with van der Waals surface area (Å²) in [5.41, 5.74) is 3.13. The summed E-state index contributed by atoms with van der Waals surface area (Å²) >= 11 is 0. The first kappa shape index (κ1) is 20.9. The number of benzene rings is 3. The zero-order valence-electron chi connectivity index (χ0n) is 17.8. The van der Waals surface area contributed by atoms with E-state index in [0.717, 1.165) is 16.7 Å². The maximum atomic E-state index is 13.1. The van der Waals surface area contributed by atoms with Crippen LogP contribution >= 0.6 is 0 Å². The van der Waals surface area contributed by atoms with Crippen molar-refractivity contribution in [1.29, 1.82) is 0 Å². The summed E-state index contributed by atoms with van der Waals surface area (Å²) in [5, 5.41) is 0. The number of hydrogen-bond donors (Lipinski definition) is 0. The molecule has 3 aromatic carbocycles. The summed E-state index contributed by atoms with van der Waals surface area (Å²) in [4.78, 5) is 27.2. The van der Waals surface area contributed by atoms with Crippen LogP contribution in [0.4, 0.5) is 0 Å². The predicted octanol–water partition coefficient (Wildman–Crippen LogP) is 5.44. The van der Waals surface area contributed by atoms with Crippen molar-refractivity contribution in [2.24, 2.45) is 0 Å². The first-order valence-electron chi connectivity index (χ1n) is 10.7. The highest BCUT2D eigenvalue weighted by Crippen LogP contribution is 2.50. The fraction of sp³-hybridized carbons (Fsp3) is 0.259. The summed E-state index contributed by atoms with van der Waals surface area (Å²) in [6.45, 7) is 3.08. The number of rotatable bonds is 4.